The Hall–Kier alpha value is -4.59. The van der Waals surface area contributed by atoms with Gasteiger partial charge in [0.15, 0.2) is 5.78 Å². The lowest BCUT2D eigenvalue weighted by atomic mass is 10.0. The first-order valence-electron chi connectivity index (χ1n) is 13.5. The van der Waals surface area contributed by atoms with Gasteiger partial charge in [0, 0.05) is 36.7 Å². The molecule has 43 heavy (non-hydrogen) atoms. The van der Waals surface area contributed by atoms with Gasteiger partial charge < -0.3 is 15.0 Å². The fourth-order valence-electron chi connectivity index (χ4n) is 4.89. The van der Waals surface area contributed by atoms with Gasteiger partial charge in [0.05, 0.1) is 18.7 Å². The van der Waals surface area contributed by atoms with Crippen molar-refractivity contribution in [1.82, 2.24) is 29.6 Å². The number of hydrogen-bond acceptors (Lipinski definition) is 9. The number of carbonyl (C=O) groups excluding carboxylic acids is 4. The first-order valence-corrected chi connectivity index (χ1v) is 14.3. The molecule has 1 N–H and O–H groups in total. The number of anilines is 1. The number of nitrogens with zero attached hydrogens (tertiary/aromatic N) is 6. The molecule has 1 saturated heterocycles. The number of pyridine rings is 1. The zero-order valence-electron chi connectivity index (χ0n) is 23.3. The summed E-state index contributed by atoms with van der Waals surface area (Å²) in [5.41, 5.74) is 2.01. The number of amides is 2. The smallest absolute Gasteiger partial charge is 0.313 e. The molecule has 222 valence electrons. The SMILES string of the molecule is CCOC(=O)Cc1ncc(-c2ccc3c(c2)c(C(C)=O)nn3CC(=O)N2C[C@H](F)C[C@H]2C(=O)Nc2cccc(Br)n2)cn1. The van der Waals surface area contributed by atoms with Crippen molar-refractivity contribution in [3.63, 3.8) is 0 Å². The van der Waals surface area contributed by atoms with E-state index in [9.17, 15) is 23.6 Å². The minimum Gasteiger partial charge on any atom is -0.466 e. The van der Waals surface area contributed by atoms with E-state index in [1.54, 1.807) is 55.7 Å². The van der Waals surface area contributed by atoms with Crippen LogP contribution >= 0.6 is 15.9 Å². The van der Waals surface area contributed by atoms with Gasteiger partial charge in [-0.2, -0.15) is 5.10 Å². The van der Waals surface area contributed by atoms with Gasteiger partial charge in [-0.15, -0.1) is 0 Å². The summed E-state index contributed by atoms with van der Waals surface area (Å²) in [7, 11) is 0. The second kappa shape index (κ2) is 12.7. The van der Waals surface area contributed by atoms with E-state index < -0.39 is 30.0 Å². The van der Waals surface area contributed by atoms with Gasteiger partial charge in [-0.25, -0.2) is 19.3 Å². The number of ether oxygens (including phenoxy) is 1. The molecule has 1 aliphatic rings. The van der Waals surface area contributed by atoms with Crippen LogP contribution in [0.3, 0.4) is 0 Å². The molecule has 2 amide bonds. The van der Waals surface area contributed by atoms with E-state index in [1.807, 2.05) is 0 Å². The Balaban J connectivity index is 1.36. The second-order valence-corrected chi connectivity index (χ2v) is 10.7. The van der Waals surface area contributed by atoms with E-state index in [-0.39, 0.29) is 49.8 Å². The second-order valence-electron chi connectivity index (χ2n) is 9.89. The first kappa shape index (κ1) is 29.9. The zero-order valence-corrected chi connectivity index (χ0v) is 24.9. The number of alkyl halides is 1. The fourth-order valence-corrected chi connectivity index (χ4v) is 5.23. The zero-order chi connectivity index (χ0) is 30.7. The van der Waals surface area contributed by atoms with Gasteiger partial charge in [0.1, 0.15) is 47.1 Å². The molecule has 2 atom stereocenters. The van der Waals surface area contributed by atoms with Crippen LogP contribution in [0, 0.1) is 0 Å². The molecule has 0 saturated carbocycles. The largest absolute Gasteiger partial charge is 0.466 e. The highest BCUT2D eigenvalue weighted by atomic mass is 79.9. The molecule has 1 aromatic carbocycles. The van der Waals surface area contributed by atoms with Crippen LogP contribution in [0.5, 0.6) is 0 Å². The normalized spacial score (nSPS) is 16.3. The van der Waals surface area contributed by atoms with Crippen LogP contribution in [-0.2, 0) is 32.1 Å². The summed E-state index contributed by atoms with van der Waals surface area (Å²) in [6.45, 7) is 2.82. The lowest BCUT2D eigenvalue weighted by Gasteiger charge is -2.23. The van der Waals surface area contributed by atoms with Crippen molar-refractivity contribution >= 4 is 56.2 Å². The van der Waals surface area contributed by atoms with E-state index in [4.69, 9.17) is 4.74 Å². The molecule has 1 fully saturated rings. The predicted molar refractivity (Wildman–Crippen MR) is 157 cm³/mol. The number of benzene rings is 1. The standard InChI is InChI=1S/C29H27BrFN7O5/c1-3-43-27(41)11-25-32-12-18(13-33-25)17-7-8-21-20(9-17)28(16(2)39)36-38(21)15-26(40)37-14-19(31)10-22(37)29(42)35-24-6-4-5-23(30)34-24/h4-9,12-13,19,22H,3,10-11,14-15H2,1-2H3,(H,34,35,42)/t19-,22+/m1/s1. The average Bonchev–Trinajstić information content (AvgIpc) is 3.54. The molecule has 0 radical (unpaired) electrons. The molecule has 0 bridgehead atoms. The number of nitrogens with one attached hydrogen (secondary N) is 1. The first-order chi connectivity index (χ1) is 20.6. The number of fused-ring (bicyclic) bond motifs is 1. The van der Waals surface area contributed by atoms with Crippen LogP contribution in [0.1, 0.15) is 36.6 Å². The van der Waals surface area contributed by atoms with Gasteiger partial charge in [-0.3, -0.25) is 23.9 Å². The molecule has 0 spiro atoms. The van der Waals surface area contributed by atoms with E-state index in [0.29, 0.717) is 32.5 Å². The Kier molecular flexibility index (Phi) is 8.85. The van der Waals surface area contributed by atoms with Crippen molar-refractivity contribution in [3.8, 4) is 11.1 Å². The molecule has 0 unspecified atom stereocenters. The fraction of sp³-hybridized carbons (Fsp3) is 0.310. The minimum atomic E-state index is -1.37. The topological polar surface area (TPSA) is 149 Å². The maximum absolute atomic E-state index is 14.5. The highest BCUT2D eigenvalue weighted by Gasteiger charge is 2.40. The van der Waals surface area contributed by atoms with Crippen molar-refractivity contribution in [1.29, 1.82) is 0 Å². The van der Waals surface area contributed by atoms with Crippen LogP contribution in [0.4, 0.5) is 10.2 Å². The Morgan fingerprint density at radius 2 is 1.88 bits per heavy atom. The summed E-state index contributed by atoms with van der Waals surface area (Å²) < 4.78 is 21.3. The molecule has 5 rings (SSSR count). The Bertz CT molecular complexity index is 1710. The summed E-state index contributed by atoms with van der Waals surface area (Å²) in [5, 5.41) is 7.54. The van der Waals surface area contributed by atoms with Crippen LogP contribution in [-0.4, -0.2) is 78.6 Å². The van der Waals surface area contributed by atoms with Crippen LogP contribution in [0.25, 0.3) is 22.0 Å². The average molecular weight is 652 g/mol. The molecule has 0 aliphatic carbocycles. The molecule has 12 nitrogen and oxygen atoms in total. The summed E-state index contributed by atoms with van der Waals surface area (Å²) in [6, 6.07) is 9.19. The highest BCUT2D eigenvalue weighted by molar-refractivity contribution is 9.10. The molecule has 3 aromatic heterocycles. The van der Waals surface area contributed by atoms with E-state index >= 15 is 0 Å². The van der Waals surface area contributed by atoms with Crippen LogP contribution in [0.2, 0.25) is 0 Å². The number of rotatable bonds is 9. The van der Waals surface area contributed by atoms with Crippen molar-refractivity contribution in [2.45, 2.75) is 45.4 Å². The summed E-state index contributed by atoms with van der Waals surface area (Å²) in [5.74, 6) is -1.21. The maximum Gasteiger partial charge on any atom is 0.313 e. The highest BCUT2D eigenvalue weighted by Crippen LogP contribution is 2.28. The van der Waals surface area contributed by atoms with E-state index in [2.05, 4.69) is 41.3 Å². The van der Waals surface area contributed by atoms with Gasteiger partial charge in [0.2, 0.25) is 11.8 Å². The number of Topliss-reactive ketones (excluding diaryl/α,β-unsaturated/α-hetero) is 1. The molecule has 14 heteroatoms. The predicted octanol–water partition coefficient (Wildman–Crippen LogP) is 3.54. The number of hydrogen-bond donors (Lipinski definition) is 1. The third-order valence-electron chi connectivity index (χ3n) is 6.85. The van der Waals surface area contributed by atoms with Gasteiger partial charge in [-0.05, 0) is 52.7 Å². The van der Waals surface area contributed by atoms with Crippen molar-refractivity contribution in [2.75, 3.05) is 18.5 Å². The van der Waals surface area contributed by atoms with Crippen LogP contribution in [0.15, 0.2) is 53.4 Å². The van der Waals surface area contributed by atoms with E-state index in [0.717, 1.165) is 0 Å². The number of aromatic nitrogens is 5. The van der Waals surface area contributed by atoms with Gasteiger partial charge in [-0.1, -0.05) is 12.1 Å². The molecular weight excluding hydrogens is 625 g/mol. The summed E-state index contributed by atoms with van der Waals surface area (Å²) in [6.07, 6.45) is 1.57. The number of likely N-dealkylation sites (tertiary alicyclic amines) is 1. The Morgan fingerprint density at radius 1 is 1.12 bits per heavy atom. The van der Waals surface area contributed by atoms with Crippen molar-refractivity contribution in [3.05, 3.63) is 64.9 Å². The maximum atomic E-state index is 14.5. The third-order valence-corrected chi connectivity index (χ3v) is 7.30. The lowest BCUT2D eigenvalue weighted by Crippen LogP contribution is -2.44. The number of carbonyl (C=O) groups is 4. The lowest BCUT2D eigenvalue weighted by molar-refractivity contribution is -0.142. The number of esters is 1. The van der Waals surface area contributed by atoms with Crippen molar-refractivity contribution < 1.29 is 28.3 Å². The molecular formula is C29H27BrFN7O5. The summed E-state index contributed by atoms with van der Waals surface area (Å²) >= 11 is 3.24. The van der Waals surface area contributed by atoms with Gasteiger partial charge in [0.25, 0.3) is 0 Å². The van der Waals surface area contributed by atoms with Crippen LogP contribution < -0.4 is 5.32 Å². The van der Waals surface area contributed by atoms with Gasteiger partial charge >= 0.3 is 5.97 Å². The number of ketones is 1. The molecule has 1 aliphatic heterocycles. The van der Waals surface area contributed by atoms with E-state index in [1.165, 1.54) is 16.5 Å². The quantitative estimate of drug-likeness (QED) is 0.163. The van der Waals surface area contributed by atoms with Crippen molar-refractivity contribution in [2.24, 2.45) is 0 Å². The Labute approximate surface area is 253 Å². The number of halogens is 2. The monoisotopic (exact) mass is 651 g/mol. The third kappa shape index (κ3) is 6.74. The Morgan fingerprint density at radius 3 is 2.58 bits per heavy atom. The molecule has 4 heterocycles. The minimum absolute atomic E-state index is 0.0496. The molecule has 4 aromatic rings. The summed E-state index contributed by atoms with van der Waals surface area (Å²) in [4.78, 5) is 64.4.